The highest BCUT2D eigenvalue weighted by Gasteiger charge is 2.22. The molecular weight excluding hydrogens is 436 g/mol. The standard InChI is InChI=1S/C29H34N4O2/c1-22-15-18-33(19-16-22)27-13-12-25(32-29(35)31-21-24-10-6-3-7-11-24)20-26(27)28(34)30-17-14-23-8-4-2-5-9-23/h2-13,20,22H,14-19,21H2,1H3,(H,30,34)(H2,31,32,35). The molecule has 1 aliphatic heterocycles. The van der Waals surface area contributed by atoms with Crippen molar-refractivity contribution in [2.75, 3.05) is 29.9 Å². The summed E-state index contributed by atoms with van der Waals surface area (Å²) in [6.45, 7) is 5.11. The normalized spacial score (nSPS) is 13.8. The van der Waals surface area contributed by atoms with Gasteiger partial charge in [-0.3, -0.25) is 4.79 Å². The van der Waals surface area contributed by atoms with Crippen molar-refractivity contribution >= 4 is 23.3 Å². The van der Waals surface area contributed by atoms with Crippen LogP contribution in [0.15, 0.2) is 78.9 Å². The quantitative estimate of drug-likeness (QED) is 0.423. The van der Waals surface area contributed by atoms with Gasteiger partial charge in [-0.15, -0.1) is 0 Å². The van der Waals surface area contributed by atoms with E-state index in [4.69, 9.17) is 0 Å². The average molecular weight is 471 g/mol. The zero-order chi connectivity index (χ0) is 24.5. The van der Waals surface area contributed by atoms with Crippen molar-refractivity contribution in [1.29, 1.82) is 0 Å². The highest BCUT2D eigenvalue weighted by atomic mass is 16.2. The maximum atomic E-state index is 13.2. The van der Waals surface area contributed by atoms with Gasteiger partial charge in [0.2, 0.25) is 0 Å². The van der Waals surface area contributed by atoms with E-state index in [1.54, 1.807) is 6.07 Å². The highest BCUT2D eigenvalue weighted by Crippen LogP contribution is 2.28. The number of hydrogen-bond donors (Lipinski definition) is 3. The van der Waals surface area contributed by atoms with E-state index in [0.29, 0.717) is 30.3 Å². The van der Waals surface area contributed by atoms with Crippen LogP contribution in [0, 0.1) is 5.92 Å². The highest BCUT2D eigenvalue weighted by molar-refractivity contribution is 6.02. The van der Waals surface area contributed by atoms with E-state index in [9.17, 15) is 9.59 Å². The molecule has 182 valence electrons. The lowest BCUT2D eigenvalue weighted by atomic mass is 9.97. The number of urea groups is 1. The third kappa shape index (κ3) is 7.09. The minimum Gasteiger partial charge on any atom is -0.371 e. The number of carbonyl (C=O) groups is 2. The number of benzene rings is 3. The molecule has 35 heavy (non-hydrogen) atoms. The molecule has 0 spiro atoms. The van der Waals surface area contributed by atoms with Crippen LogP contribution in [-0.4, -0.2) is 31.6 Å². The summed E-state index contributed by atoms with van der Waals surface area (Å²) >= 11 is 0. The Balaban J connectivity index is 1.44. The molecule has 6 heteroatoms. The van der Waals surface area contributed by atoms with Crippen molar-refractivity contribution in [1.82, 2.24) is 10.6 Å². The number of nitrogens with zero attached hydrogens (tertiary/aromatic N) is 1. The molecule has 1 heterocycles. The predicted molar refractivity (Wildman–Crippen MR) is 142 cm³/mol. The molecule has 3 aromatic rings. The fraction of sp³-hybridized carbons (Fsp3) is 0.310. The van der Waals surface area contributed by atoms with E-state index in [1.165, 1.54) is 5.56 Å². The van der Waals surface area contributed by atoms with E-state index in [2.05, 4.69) is 39.9 Å². The number of piperidine rings is 1. The molecule has 0 aromatic heterocycles. The van der Waals surface area contributed by atoms with Gasteiger partial charge in [-0.2, -0.15) is 0 Å². The fourth-order valence-corrected chi connectivity index (χ4v) is 4.33. The topological polar surface area (TPSA) is 73.5 Å². The lowest BCUT2D eigenvalue weighted by Crippen LogP contribution is -2.35. The van der Waals surface area contributed by atoms with Gasteiger partial charge in [-0.05, 0) is 54.5 Å². The van der Waals surface area contributed by atoms with Crippen LogP contribution in [-0.2, 0) is 13.0 Å². The number of anilines is 2. The maximum Gasteiger partial charge on any atom is 0.319 e. The molecule has 0 saturated carbocycles. The number of rotatable bonds is 8. The Kier molecular flexibility index (Phi) is 8.39. The average Bonchev–Trinajstić information content (AvgIpc) is 2.89. The summed E-state index contributed by atoms with van der Waals surface area (Å²) < 4.78 is 0. The Morgan fingerprint density at radius 2 is 1.51 bits per heavy atom. The minimum absolute atomic E-state index is 0.122. The summed E-state index contributed by atoms with van der Waals surface area (Å²) in [5.74, 6) is 0.576. The molecule has 0 atom stereocenters. The summed E-state index contributed by atoms with van der Waals surface area (Å²) in [4.78, 5) is 28.0. The van der Waals surface area contributed by atoms with Crippen molar-refractivity contribution in [3.8, 4) is 0 Å². The first-order valence-electron chi connectivity index (χ1n) is 12.4. The molecular formula is C29H34N4O2. The smallest absolute Gasteiger partial charge is 0.319 e. The second-order valence-electron chi connectivity index (χ2n) is 9.19. The molecule has 0 radical (unpaired) electrons. The van der Waals surface area contributed by atoms with Gasteiger partial charge < -0.3 is 20.9 Å². The number of hydrogen-bond acceptors (Lipinski definition) is 3. The van der Waals surface area contributed by atoms with Crippen LogP contribution < -0.4 is 20.9 Å². The zero-order valence-electron chi connectivity index (χ0n) is 20.3. The zero-order valence-corrected chi connectivity index (χ0v) is 20.3. The third-order valence-electron chi connectivity index (χ3n) is 6.46. The van der Waals surface area contributed by atoms with E-state index >= 15 is 0 Å². The lowest BCUT2D eigenvalue weighted by Gasteiger charge is -2.33. The summed E-state index contributed by atoms with van der Waals surface area (Å²) in [5.41, 5.74) is 4.31. The summed E-state index contributed by atoms with van der Waals surface area (Å²) in [6.07, 6.45) is 2.98. The Morgan fingerprint density at radius 1 is 0.857 bits per heavy atom. The molecule has 3 amide bonds. The number of amides is 3. The molecule has 3 N–H and O–H groups in total. The van der Waals surface area contributed by atoms with Crippen LogP contribution >= 0.6 is 0 Å². The Labute approximate surface area is 207 Å². The van der Waals surface area contributed by atoms with Gasteiger partial charge in [-0.25, -0.2) is 4.79 Å². The molecule has 4 rings (SSSR count). The fourth-order valence-electron chi connectivity index (χ4n) is 4.33. The lowest BCUT2D eigenvalue weighted by molar-refractivity contribution is 0.0954. The van der Waals surface area contributed by atoms with Gasteiger partial charge in [0.1, 0.15) is 0 Å². The number of carbonyl (C=O) groups excluding carboxylic acids is 2. The first kappa shape index (κ1) is 24.3. The molecule has 6 nitrogen and oxygen atoms in total. The molecule has 1 aliphatic rings. The van der Waals surface area contributed by atoms with Crippen LogP contribution in [0.2, 0.25) is 0 Å². The van der Waals surface area contributed by atoms with Gasteiger partial charge in [0.05, 0.1) is 5.56 Å². The first-order valence-corrected chi connectivity index (χ1v) is 12.4. The van der Waals surface area contributed by atoms with Gasteiger partial charge in [-0.1, -0.05) is 67.6 Å². The maximum absolute atomic E-state index is 13.2. The molecule has 3 aromatic carbocycles. The second-order valence-corrected chi connectivity index (χ2v) is 9.19. The van der Waals surface area contributed by atoms with Crippen molar-refractivity contribution in [2.45, 2.75) is 32.7 Å². The first-order chi connectivity index (χ1) is 17.1. The van der Waals surface area contributed by atoms with E-state index in [0.717, 1.165) is 43.6 Å². The van der Waals surface area contributed by atoms with Gasteiger partial charge in [0.25, 0.3) is 5.91 Å². The van der Waals surface area contributed by atoms with Crippen LogP contribution in [0.4, 0.5) is 16.2 Å². The Bertz CT molecular complexity index is 1110. The van der Waals surface area contributed by atoms with E-state index < -0.39 is 0 Å². The molecule has 0 aliphatic carbocycles. The van der Waals surface area contributed by atoms with Crippen LogP contribution in [0.3, 0.4) is 0 Å². The number of nitrogens with one attached hydrogen (secondary N) is 3. The minimum atomic E-state index is -0.302. The largest absolute Gasteiger partial charge is 0.371 e. The van der Waals surface area contributed by atoms with Crippen LogP contribution in [0.1, 0.15) is 41.3 Å². The van der Waals surface area contributed by atoms with Crippen molar-refractivity contribution in [3.63, 3.8) is 0 Å². The van der Waals surface area contributed by atoms with E-state index in [1.807, 2.05) is 60.7 Å². The van der Waals surface area contributed by atoms with Crippen LogP contribution in [0.25, 0.3) is 0 Å². The molecule has 0 unspecified atom stereocenters. The van der Waals surface area contributed by atoms with Crippen molar-refractivity contribution in [3.05, 3.63) is 95.6 Å². The third-order valence-corrected chi connectivity index (χ3v) is 6.46. The van der Waals surface area contributed by atoms with Gasteiger partial charge in [0.15, 0.2) is 0 Å². The van der Waals surface area contributed by atoms with Crippen molar-refractivity contribution in [2.24, 2.45) is 5.92 Å². The van der Waals surface area contributed by atoms with Gasteiger partial charge >= 0.3 is 6.03 Å². The molecule has 1 saturated heterocycles. The summed E-state index contributed by atoms with van der Waals surface area (Å²) in [5, 5.41) is 8.82. The Hall–Kier alpha value is -3.80. The predicted octanol–water partition coefficient (Wildman–Crippen LogP) is 5.22. The second kappa shape index (κ2) is 12.1. The van der Waals surface area contributed by atoms with E-state index in [-0.39, 0.29) is 11.9 Å². The molecule has 1 fully saturated rings. The molecule has 0 bridgehead atoms. The summed E-state index contributed by atoms with van der Waals surface area (Å²) in [6, 6.07) is 25.2. The van der Waals surface area contributed by atoms with Crippen molar-refractivity contribution < 1.29 is 9.59 Å². The van der Waals surface area contributed by atoms with Crippen LogP contribution in [0.5, 0.6) is 0 Å². The SMILES string of the molecule is CC1CCN(c2ccc(NC(=O)NCc3ccccc3)cc2C(=O)NCCc2ccccc2)CC1. The monoisotopic (exact) mass is 470 g/mol. The van der Waals surface area contributed by atoms with Gasteiger partial charge in [0, 0.05) is 37.6 Å². The Morgan fingerprint density at radius 3 is 2.20 bits per heavy atom. The summed E-state index contributed by atoms with van der Waals surface area (Å²) in [7, 11) is 0.